The summed E-state index contributed by atoms with van der Waals surface area (Å²) in [6, 6.07) is 0. The van der Waals surface area contributed by atoms with Crippen molar-refractivity contribution >= 4 is 11.9 Å². The first kappa shape index (κ1) is 30.1. The summed E-state index contributed by atoms with van der Waals surface area (Å²) in [5.74, 6) is -1.48. The molecule has 1 atom stereocenters. The third-order valence-electron chi connectivity index (χ3n) is 5.11. The number of quaternary nitrogens is 1. The second-order valence-electron chi connectivity index (χ2n) is 9.63. The fourth-order valence-electron chi connectivity index (χ4n) is 3.52. The number of unbranched alkanes of at least 4 members (excludes halogenated alkanes) is 11. The van der Waals surface area contributed by atoms with Crippen LogP contribution in [0, 0.1) is 0 Å². The number of carbonyl (C=O) groups is 2. The van der Waals surface area contributed by atoms with Gasteiger partial charge in [0.15, 0.2) is 6.10 Å². The molecule has 0 aliphatic heterocycles. The Morgan fingerprint density at radius 2 is 1.34 bits per heavy atom. The third kappa shape index (κ3) is 22.8. The van der Waals surface area contributed by atoms with Gasteiger partial charge in [0.2, 0.25) is 0 Å². The van der Waals surface area contributed by atoms with E-state index < -0.39 is 18.0 Å². The van der Waals surface area contributed by atoms with E-state index in [2.05, 4.69) is 13.0 Å². The summed E-state index contributed by atoms with van der Waals surface area (Å²) < 4.78 is 5.82. The minimum absolute atomic E-state index is 0.188. The lowest BCUT2D eigenvalue weighted by Gasteiger charge is -2.28. The van der Waals surface area contributed by atoms with Gasteiger partial charge in [0.1, 0.15) is 6.54 Å². The number of carboxylic acids is 1. The minimum Gasteiger partial charge on any atom is -0.481 e. The van der Waals surface area contributed by atoms with Crippen LogP contribution in [0.4, 0.5) is 0 Å². The molecule has 0 saturated heterocycles. The van der Waals surface area contributed by atoms with E-state index in [9.17, 15) is 9.59 Å². The molecule has 0 amide bonds. The Labute approximate surface area is 196 Å². The van der Waals surface area contributed by atoms with Crippen molar-refractivity contribution in [3.8, 4) is 0 Å². The molecule has 5 nitrogen and oxygen atoms in total. The zero-order chi connectivity index (χ0) is 24.1. The number of allylic oxidation sites excluding steroid dienone is 5. The van der Waals surface area contributed by atoms with Gasteiger partial charge in [-0.1, -0.05) is 102 Å². The lowest BCUT2D eigenvalue weighted by Crippen LogP contribution is -2.43. The van der Waals surface area contributed by atoms with Crippen LogP contribution in [-0.4, -0.2) is 55.3 Å². The van der Waals surface area contributed by atoms with Gasteiger partial charge in [-0.25, -0.2) is 4.79 Å². The van der Waals surface area contributed by atoms with Crippen molar-refractivity contribution in [3.63, 3.8) is 0 Å². The Balaban J connectivity index is 3.84. The van der Waals surface area contributed by atoms with Crippen molar-refractivity contribution in [1.82, 2.24) is 0 Å². The minimum atomic E-state index is -0.969. The number of hydrogen-bond donors (Lipinski definition) is 1. The molecular formula is C27H48NO4+. The number of esters is 1. The molecule has 1 unspecified atom stereocenters. The van der Waals surface area contributed by atoms with E-state index in [1.165, 1.54) is 76.7 Å². The quantitative estimate of drug-likeness (QED) is 0.0761. The summed E-state index contributed by atoms with van der Waals surface area (Å²) >= 11 is 0. The highest BCUT2D eigenvalue weighted by Gasteiger charge is 2.23. The molecule has 0 rings (SSSR count). The fourth-order valence-corrected chi connectivity index (χ4v) is 3.52. The summed E-state index contributed by atoms with van der Waals surface area (Å²) in [7, 11) is 5.80. The maximum absolute atomic E-state index is 11.9. The normalized spacial score (nSPS) is 13.4. The standard InChI is InChI=1S/C27H47NO4/c1-5-6-7-8-9-10-11-12-13-14-15-16-17-18-19-20-21-22-27(31)32-25(23-26(29)30)24-28(2,3)4/h17-22,25H,5-16,23-24H2,1-4H3/p+1. The first-order valence-corrected chi connectivity index (χ1v) is 12.5. The van der Waals surface area contributed by atoms with Gasteiger partial charge in [0, 0.05) is 6.08 Å². The smallest absolute Gasteiger partial charge is 0.331 e. The molecule has 0 aliphatic rings. The molecule has 0 spiro atoms. The highest BCUT2D eigenvalue weighted by Crippen LogP contribution is 2.12. The monoisotopic (exact) mass is 450 g/mol. The van der Waals surface area contributed by atoms with Crippen molar-refractivity contribution in [2.45, 2.75) is 96.5 Å². The zero-order valence-corrected chi connectivity index (χ0v) is 21.1. The van der Waals surface area contributed by atoms with Gasteiger partial charge >= 0.3 is 11.9 Å². The molecule has 0 heterocycles. The van der Waals surface area contributed by atoms with Gasteiger partial charge in [-0.2, -0.15) is 0 Å². The topological polar surface area (TPSA) is 63.6 Å². The number of carbonyl (C=O) groups excluding carboxylic acids is 1. The van der Waals surface area contributed by atoms with Crippen LogP contribution in [0.1, 0.15) is 90.4 Å². The van der Waals surface area contributed by atoms with E-state index >= 15 is 0 Å². The maximum atomic E-state index is 11.9. The number of rotatable bonds is 20. The number of ether oxygens (including phenoxy) is 1. The molecule has 0 radical (unpaired) electrons. The molecule has 0 aromatic carbocycles. The van der Waals surface area contributed by atoms with Crippen LogP contribution in [0.5, 0.6) is 0 Å². The molecular weight excluding hydrogens is 402 g/mol. The van der Waals surface area contributed by atoms with Gasteiger partial charge in [-0.3, -0.25) is 4.79 Å². The Hall–Kier alpha value is -1.88. The molecule has 184 valence electrons. The van der Waals surface area contributed by atoms with Crippen LogP contribution >= 0.6 is 0 Å². The predicted molar refractivity (Wildman–Crippen MR) is 134 cm³/mol. The fraction of sp³-hybridized carbons (Fsp3) is 0.704. The molecule has 0 aliphatic carbocycles. The average molecular weight is 451 g/mol. The Morgan fingerprint density at radius 3 is 1.88 bits per heavy atom. The number of hydrogen-bond acceptors (Lipinski definition) is 3. The SMILES string of the molecule is CCCCCCCCCCCCCC=CC=CC=CC(=O)OC(CC(=O)O)C[N+](C)(C)C. The van der Waals surface area contributed by atoms with Gasteiger partial charge in [-0.15, -0.1) is 0 Å². The number of aliphatic carboxylic acids is 1. The van der Waals surface area contributed by atoms with Gasteiger partial charge in [0.05, 0.1) is 27.6 Å². The van der Waals surface area contributed by atoms with E-state index in [4.69, 9.17) is 9.84 Å². The summed E-state index contributed by atoms with van der Waals surface area (Å²) in [5, 5.41) is 8.99. The highest BCUT2D eigenvalue weighted by atomic mass is 16.5. The van der Waals surface area contributed by atoms with Gasteiger partial charge in [-0.05, 0) is 12.8 Å². The van der Waals surface area contributed by atoms with E-state index in [1.54, 1.807) is 12.2 Å². The number of likely N-dealkylation sites (N-methyl/N-ethyl adjacent to an activating group) is 1. The maximum Gasteiger partial charge on any atom is 0.331 e. The van der Waals surface area contributed by atoms with Crippen molar-refractivity contribution in [3.05, 3.63) is 36.5 Å². The average Bonchev–Trinajstić information content (AvgIpc) is 2.68. The van der Waals surface area contributed by atoms with Crippen molar-refractivity contribution in [2.24, 2.45) is 0 Å². The lowest BCUT2D eigenvalue weighted by molar-refractivity contribution is -0.873. The molecule has 32 heavy (non-hydrogen) atoms. The van der Waals surface area contributed by atoms with E-state index in [1.807, 2.05) is 33.3 Å². The van der Waals surface area contributed by atoms with Crippen LogP contribution in [-0.2, 0) is 14.3 Å². The molecule has 0 aromatic rings. The summed E-state index contributed by atoms with van der Waals surface area (Å²) in [4.78, 5) is 22.9. The van der Waals surface area contributed by atoms with Crippen molar-refractivity contribution in [1.29, 1.82) is 0 Å². The van der Waals surface area contributed by atoms with Crippen molar-refractivity contribution < 1.29 is 23.9 Å². The summed E-state index contributed by atoms with van der Waals surface area (Å²) in [5.41, 5.74) is 0. The Kier molecular flexibility index (Phi) is 18.6. The molecule has 0 fully saturated rings. The highest BCUT2D eigenvalue weighted by molar-refractivity contribution is 5.82. The van der Waals surface area contributed by atoms with Gasteiger partial charge < -0.3 is 14.3 Å². The lowest BCUT2D eigenvalue weighted by atomic mass is 10.1. The molecule has 1 N–H and O–H groups in total. The number of carboxylic acid groups (broad SMARTS) is 1. The first-order chi connectivity index (χ1) is 15.2. The predicted octanol–water partition coefficient (Wildman–Crippen LogP) is 6.45. The van der Waals surface area contributed by atoms with Crippen LogP contribution in [0.25, 0.3) is 0 Å². The third-order valence-corrected chi connectivity index (χ3v) is 5.11. The Morgan fingerprint density at radius 1 is 0.812 bits per heavy atom. The molecule has 0 saturated carbocycles. The summed E-state index contributed by atoms with van der Waals surface area (Å²) in [6.45, 7) is 2.71. The first-order valence-electron chi connectivity index (χ1n) is 12.5. The summed E-state index contributed by atoms with van der Waals surface area (Å²) in [6.07, 6.45) is 25.9. The van der Waals surface area contributed by atoms with Crippen LogP contribution in [0.2, 0.25) is 0 Å². The van der Waals surface area contributed by atoms with Crippen LogP contribution in [0.15, 0.2) is 36.5 Å². The zero-order valence-electron chi connectivity index (χ0n) is 21.1. The number of nitrogens with zero attached hydrogens (tertiary/aromatic N) is 1. The van der Waals surface area contributed by atoms with Gasteiger partial charge in [0.25, 0.3) is 0 Å². The largest absolute Gasteiger partial charge is 0.481 e. The Bertz CT molecular complexity index is 573. The molecule has 5 heteroatoms. The second kappa shape index (κ2) is 19.8. The molecule has 0 bridgehead atoms. The van der Waals surface area contributed by atoms with E-state index in [-0.39, 0.29) is 6.42 Å². The van der Waals surface area contributed by atoms with Crippen LogP contribution in [0.3, 0.4) is 0 Å². The second-order valence-corrected chi connectivity index (χ2v) is 9.63. The van der Waals surface area contributed by atoms with E-state index in [0.29, 0.717) is 11.0 Å². The van der Waals surface area contributed by atoms with E-state index in [0.717, 1.165) is 6.42 Å². The molecule has 0 aromatic heterocycles. The van der Waals surface area contributed by atoms with Crippen LogP contribution < -0.4 is 0 Å². The van der Waals surface area contributed by atoms with Crippen molar-refractivity contribution in [2.75, 3.05) is 27.7 Å².